The molecule has 0 saturated heterocycles. The van der Waals surface area contributed by atoms with Gasteiger partial charge in [-0.1, -0.05) is 23.8 Å². The Bertz CT molecular complexity index is 482. The lowest BCUT2D eigenvalue weighted by molar-refractivity contribution is -0.133. The summed E-state index contributed by atoms with van der Waals surface area (Å²) in [6.45, 7) is 8.14. The molecule has 1 amide bonds. The van der Waals surface area contributed by atoms with Crippen LogP contribution in [0.2, 0.25) is 5.02 Å². The Morgan fingerprint density at radius 2 is 2.21 bits per heavy atom. The number of hydrogen-bond donors (Lipinski definition) is 1. The van der Waals surface area contributed by atoms with E-state index in [9.17, 15) is 9.59 Å². The highest BCUT2D eigenvalue weighted by Gasteiger charge is 2.16. The Morgan fingerprint density at radius 1 is 1.53 bits per heavy atom. The van der Waals surface area contributed by atoms with Crippen LogP contribution in [0.3, 0.4) is 0 Å². The van der Waals surface area contributed by atoms with Crippen molar-refractivity contribution in [1.29, 1.82) is 0 Å². The predicted molar refractivity (Wildman–Crippen MR) is 73.2 cm³/mol. The second-order valence-electron chi connectivity index (χ2n) is 4.17. The minimum Gasteiger partial charge on any atom is -0.451 e. The van der Waals surface area contributed by atoms with Crippen LogP contribution in [0.1, 0.15) is 24.3 Å². The van der Waals surface area contributed by atoms with Gasteiger partial charge in [0.2, 0.25) is 0 Å². The van der Waals surface area contributed by atoms with E-state index in [-0.39, 0.29) is 18.2 Å². The standard InChI is InChI=1S/C13H17ClN2O3/c1-4-16(7-9(2)3)12(17)8-19-13(18)11-5-10(14)6-15-11/h5-6,15H,2,4,7-8H2,1,3H3. The molecular weight excluding hydrogens is 268 g/mol. The van der Waals surface area contributed by atoms with Gasteiger partial charge in [-0.15, -0.1) is 0 Å². The SMILES string of the molecule is C=C(C)CN(CC)C(=O)COC(=O)c1cc(Cl)c[nH]1. The second kappa shape index (κ2) is 6.99. The van der Waals surface area contributed by atoms with Crippen LogP contribution >= 0.6 is 11.6 Å². The first kappa shape index (κ1) is 15.3. The van der Waals surface area contributed by atoms with E-state index in [2.05, 4.69) is 11.6 Å². The minimum absolute atomic E-state index is 0.223. The number of halogens is 1. The van der Waals surface area contributed by atoms with Crippen molar-refractivity contribution in [3.05, 3.63) is 35.1 Å². The van der Waals surface area contributed by atoms with Gasteiger partial charge in [-0.05, 0) is 19.9 Å². The molecule has 1 heterocycles. The molecule has 0 atom stereocenters. The molecule has 1 aromatic heterocycles. The van der Waals surface area contributed by atoms with Gasteiger partial charge in [-0.2, -0.15) is 0 Å². The Balaban J connectivity index is 2.49. The number of amides is 1. The fourth-order valence-electron chi connectivity index (χ4n) is 1.48. The zero-order chi connectivity index (χ0) is 14.4. The van der Waals surface area contributed by atoms with E-state index < -0.39 is 5.97 Å². The third kappa shape index (κ3) is 4.79. The van der Waals surface area contributed by atoms with E-state index in [0.29, 0.717) is 18.1 Å². The van der Waals surface area contributed by atoms with Crippen LogP contribution in [-0.4, -0.2) is 41.5 Å². The Hall–Kier alpha value is -1.75. The first-order valence-electron chi connectivity index (χ1n) is 5.87. The van der Waals surface area contributed by atoms with Crippen molar-refractivity contribution in [3.63, 3.8) is 0 Å². The van der Waals surface area contributed by atoms with Crippen molar-refractivity contribution in [2.75, 3.05) is 19.7 Å². The van der Waals surface area contributed by atoms with E-state index >= 15 is 0 Å². The van der Waals surface area contributed by atoms with Crippen LogP contribution in [0.4, 0.5) is 0 Å². The lowest BCUT2D eigenvalue weighted by atomic mass is 10.3. The molecule has 1 rings (SSSR count). The van der Waals surface area contributed by atoms with Crippen molar-refractivity contribution in [3.8, 4) is 0 Å². The van der Waals surface area contributed by atoms with Crippen molar-refractivity contribution in [2.45, 2.75) is 13.8 Å². The van der Waals surface area contributed by atoms with Gasteiger partial charge in [-0.3, -0.25) is 4.79 Å². The quantitative estimate of drug-likeness (QED) is 0.644. The number of H-pyrrole nitrogens is 1. The number of rotatable bonds is 6. The van der Waals surface area contributed by atoms with E-state index in [0.717, 1.165) is 5.57 Å². The van der Waals surface area contributed by atoms with Crippen LogP contribution in [0.15, 0.2) is 24.4 Å². The molecule has 0 fully saturated rings. The molecular formula is C13H17ClN2O3. The van der Waals surface area contributed by atoms with Gasteiger partial charge in [0.05, 0.1) is 5.02 Å². The highest BCUT2D eigenvalue weighted by atomic mass is 35.5. The molecule has 1 aromatic rings. The van der Waals surface area contributed by atoms with Crippen LogP contribution < -0.4 is 0 Å². The summed E-state index contributed by atoms with van der Waals surface area (Å²) in [7, 11) is 0. The monoisotopic (exact) mass is 284 g/mol. The van der Waals surface area contributed by atoms with Crippen molar-refractivity contribution < 1.29 is 14.3 Å². The third-order valence-corrected chi connectivity index (χ3v) is 2.61. The molecule has 5 nitrogen and oxygen atoms in total. The number of nitrogens with one attached hydrogen (secondary N) is 1. The second-order valence-corrected chi connectivity index (χ2v) is 4.61. The number of esters is 1. The summed E-state index contributed by atoms with van der Waals surface area (Å²) in [6.07, 6.45) is 1.47. The summed E-state index contributed by atoms with van der Waals surface area (Å²) in [6, 6.07) is 1.44. The number of aromatic nitrogens is 1. The summed E-state index contributed by atoms with van der Waals surface area (Å²) in [4.78, 5) is 27.6. The largest absolute Gasteiger partial charge is 0.451 e. The molecule has 0 saturated carbocycles. The Labute approximate surface area is 117 Å². The average Bonchev–Trinajstić information content (AvgIpc) is 2.79. The Morgan fingerprint density at radius 3 is 2.68 bits per heavy atom. The van der Waals surface area contributed by atoms with Crippen molar-refractivity contribution in [2.24, 2.45) is 0 Å². The van der Waals surface area contributed by atoms with E-state index in [4.69, 9.17) is 16.3 Å². The van der Waals surface area contributed by atoms with Crippen molar-refractivity contribution >= 4 is 23.5 Å². The molecule has 0 aliphatic heterocycles. The molecule has 0 aliphatic rings. The molecule has 0 unspecified atom stereocenters. The zero-order valence-corrected chi connectivity index (χ0v) is 11.8. The highest BCUT2D eigenvalue weighted by Crippen LogP contribution is 2.10. The maximum Gasteiger partial charge on any atom is 0.355 e. The molecule has 0 radical (unpaired) electrons. The van der Waals surface area contributed by atoms with Gasteiger partial charge in [0.25, 0.3) is 5.91 Å². The summed E-state index contributed by atoms with van der Waals surface area (Å²) < 4.78 is 4.92. The van der Waals surface area contributed by atoms with Gasteiger partial charge in [0.15, 0.2) is 6.61 Å². The fourth-order valence-corrected chi connectivity index (χ4v) is 1.65. The van der Waals surface area contributed by atoms with Gasteiger partial charge < -0.3 is 14.6 Å². The number of ether oxygens (including phenoxy) is 1. The maximum atomic E-state index is 11.8. The van der Waals surface area contributed by atoms with Gasteiger partial charge in [0, 0.05) is 19.3 Å². The zero-order valence-electron chi connectivity index (χ0n) is 11.0. The summed E-state index contributed by atoms with van der Waals surface area (Å²) in [5.41, 5.74) is 1.10. The number of hydrogen-bond acceptors (Lipinski definition) is 3. The Kier molecular flexibility index (Phi) is 5.63. The summed E-state index contributed by atoms with van der Waals surface area (Å²) in [5, 5.41) is 0.413. The van der Waals surface area contributed by atoms with Crippen LogP contribution in [0.25, 0.3) is 0 Å². The molecule has 19 heavy (non-hydrogen) atoms. The molecule has 0 spiro atoms. The average molecular weight is 285 g/mol. The van der Waals surface area contributed by atoms with Crippen LogP contribution in [0.5, 0.6) is 0 Å². The number of carbonyl (C=O) groups is 2. The van der Waals surface area contributed by atoms with E-state index in [1.807, 2.05) is 13.8 Å². The lowest BCUT2D eigenvalue weighted by Crippen LogP contribution is -2.35. The smallest absolute Gasteiger partial charge is 0.355 e. The summed E-state index contributed by atoms with van der Waals surface area (Å²) in [5.74, 6) is -0.858. The van der Waals surface area contributed by atoms with Gasteiger partial charge >= 0.3 is 5.97 Å². The highest BCUT2D eigenvalue weighted by molar-refractivity contribution is 6.30. The number of likely N-dealkylation sites (N-methyl/N-ethyl adjacent to an activating group) is 1. The molecule has 0 bridgehead atoms. The normalized spacial score (nSPS) is 10.1. The number of nitrogens with zero attached hydrogens (tertiary/aromatic N) is 1. The summed E-state index contributed by atoms with van der Waals surface area (Å²) >= 11 is 5.67. The third-order valence-electron chi connectivity index (χ3n) is 2.39. The molecule has 104 valence electrons. The molecule has 1 N–H and O–H groups in total. The molecule has 0 aromatic carbocycles. The van der Waals surface area contributed by atoms with Crippen LogP contribution in [-0.2, 0) is 9.53 Å². The lowest BCUT2D eigenvalue weighted by Gasteiger charge is -2.20. The fraction of sp³-hybridized carbons (Fsp3) is 0.385. The van der Waals surface area contributed by atoms with Gasteiger partial charge in [-0.25, -0.2) is 4.79 Å². The molecule has 0 aliphatic carbocycles. The topological polar surface area (TPSA) is 62.4 Å². The van der Waals surface area contributed by atoms with E-state index in [1.54, 1.807) is 4.90 Å². The van der Waals surface area contributed by atoms with Crippen molar-refractivity contribution in [1.82, 2.24) is 9.88 Å². The first-order chi connectivity index (χ1) is 8.93. The number of aromatic amines is 1. The molecule has 6 heteroatoms. The van der Waals surface area contributed by atoms with E-state index in [1.165, 1.54) is 12.3 Å². The van der Waals surface area contributed by atoms with Crippen LogP contribution in [0, 0.1) is 0 Å². The van der Waals surface area contributed by atoms with Gasteiger partial charge in [0.1, 0.15) is 5.69 Å². The maximum absolute atomic E-state index is 11.8. The number of carbonyl (C=O) groups excluding carboxylic acids is 2. The minimum atomic E-state index is -0.605. The predicted octanol–water partition coefficient (Wildman–Crippen LogP) is 2.25. The first-order valence-corrected chi connectivity index (χ1v) is 6.25.